The number of hydrogen-bond acceptors (Lipinski definition) is 3. The van der Waals surface area contributed by atoms with Gasteiger partial charge < -0.3 is 14.8 Å². The Kier molecular flexibility index (Phi) is 4.54. The van der Waals surface area contributed by atoms with Crippen LogP contribution in [0.1, 0.15) is 26.7 Å². The first-order chi connectivity index (χ1) is 7.06. The average molecular weight is 216 g/mol. The fraction of sp³-hybridized carbons (Fsp3) is 0.909. The predicted octanol–water partition coefficient (Wildman–Crippen LogP) is -0.0720. The minimum atomic E-state index is -0.357. The van der Waals surface area contributed by atoms with Crippen LogP contribution in [0.3, 0.4) is 0 Å². The fourth-order valence-electron chi connectivity index (χ4n) is 2.15. The lowest BCUT2D eigenvalue weighted by atomic mass is 9.83. The van der Waals surface area contributed by atoms with Crippen molar-refractivity contribution in [3.63, 3.8) is 0 Å². The number of carbonyl (C=O) groups is 1. The normalized spacial score (nSPS) is 18.9. The lowest BCUT2D eigenvalue weighted by Crippen LogP contribution is -2.86. The third-order valence-corrected chi connectivity index (χ3v) is 3.06. The van der Waals surface area contributed by atoms with Gasteiger partial charge in [-0.15, -0.1) is 0 Å². The molecule has 4 nitrogen and oxygen atoms in total. The van der Waals surface area contributed by atoms with Gasteiger partial charge in [-0.1, -0.05) is 0 Å². The number of piperidine rings is 1. The van der Waals surface area contributed by atoms with E-state index in [1.54, 1.807) is 0 Å². The summed E-state index contributed by atoms with van der Waals surface area (Å²) >= 11 is 0. The van der Waals surface area contributed by atoms with Gasteiger partial charge in [-0.3, -0.25) is 0 Å². The highest BCUT2D eigenvalue weighted by molar-refractivity contribution is 5.71. The molecule has 15 heavy (non-hydrogen) atoms. The molecule has 0 unspecified atom stereocenters. The third-order valence-electron chi connectivity index (χ3n) is 3.06. The Labute approximate surface area is 91.3 Å². The summed E-state index contributed by atoms with van der Waals surface area (Å²) in [7, 11) is 1.50. The van der Waals surface area contributed by atoms with Gasteiger partial charge in [-0.05, 0) is 13.8 Å². The van der Waals surface area contributed by atoms with E-state index in [0.29, 0.717) is 5.92 Å². The van der Waals surface area contributed by atoms with Crippen molar-refractivity contribution in [3.05, 3.63) is 0 Å². The molecular weight excluding hydrogens is 194 g/mol. The summed E-state index contributed by atoms with van der Waals surface area (Å²) in [5, 5.41) is 2.31. The smallest absolute Gasteiger partial charge is 0.332 e. The highest BCUT2D eigenvalue weighted by Crippen LogP contribution is 2.27. The second-order valence-electron chi connectivity index (χ2n) is 4.65. The topological polar surface area (TPSA) is 52.1 Å². The van der Waals surface area contributed by atoms with E-state index >= 15 is 0 Å². The molecule has 1 fully saturated rings. The first-order valence-corrected chi connectivity index (χ1v) is 5.58. The summed E-state index contributed by atoms with van der Waals surface area (Å²) in [5.41, 5.74) is -0.357. The third kappa shape index (κ3) is 3.80. The zero-order valence-electron chi connectivity index (χ0n) is 9.91. The van der Waals surface area contributed by atoms with Gasteiger partial charge in [0.15, 0.2) is 0 Å². The van der Waals surface area contributed by atoms with E-state index in [-0.39, 0.29) is 18.2 Å². The average Bonchev–Trinajstić information content (AvgIpc) is 2.18. The maximum Gasteiger partial charge on any atom is 0.332 e. The SMILES string of the molecule is COCC(=O)OC(C)(C)C1CC[NH2+]CC1. The fourth-order valence-corrected chi connectivity index (χ4v) is 2.15. The maximum absolute atomic E-state index is 11.3. The molecule has 88 valence electrons. The van der Waals surface area contributed by atoms with E-state index in [1.807, 2.05) is 13.8 Å². The number of hydrogen-bond donors (Lipinski definition) is 1. The molecule has 0 aromatic rings. The number of esters is 1. The van der Waals surface area contributed by atoms with E-state index in [1.165, 1.54) is 7.11 Å². The highest BCUT2D eigenvalue weighted by Gasteiger charge is 2.35. The molecule has 1 aliphatic heterocycles. The van der Waals surface area contributed by atoms with E-state index in [9.17, 15) is 4.79 Å². The monoisotopic (exact) mass is 216 g/mol. The van der Waals surface area contributed by atoms with Crippen LogP contribution in [0.4, 0.5) is 0 Å². The number of carbonyl (C=O) groups excluding carboxylic acids is 1. The van der Waals surface area contributed by atoms with Crippen molar-refractivity contribution in [2.24, 2.45) is 5.92 Å². The molecule has 1 aliphatic rings. The lowest BCUT2D eigenvalue weighted by molar-refractivity contribution is -0.665. The highest BCUT2D eigenvalue weighted by atomic mass is 16.6. The first kappa shape index (κ1) is 12.5. The Morgan fingerprint density at radius 1 is 1.40 bits per heavy atom. The molecule has 0 saturated carbocycles. The minimum absolute atomic E-state index is 0.0439. The number of rotatable bonds is 4. The van der Waals surface area contributed by atoms with E-state index < -0.39 is 0 Å². The summed E-state index contributed by atoms with van der Waals surface area (Å²) in [6.07, 6.45) is 2.24. The molecule has 4 heteroatoms. The molecule has 0 aromatic heterocycles. The van der Waals surface area contributed by atoms with Crippen molar-refractivity contribution >= 4 is 5.97 Å². The van der Waals surface area contributed by atoms with E-state index in [2.05, 4.69) is 5.32 Å². The van der Waals surface area contributed by atoms with Crippen LogP contribution in [0.25, 0.3) is 0 Å². The van der Waals surface area contributed by atoms with Gasteiger partial charge in [0.25, 0.3) is 0 Å². The number of methoxy groups -OCH3 is 1. The Bertz CT molecular complexity index is 210. The van der Waals surface area contributed by atoms with Crippen molar-refractivity contribution in [2.75, 3.05) is 26.8 Å². The summed E-state index contributed by atoms with van der Waals surface area (Å²) in [5.74, 6) is 0.209. The van der Waals surface area contributed by atoms with Crippen LogP contribution in [0, 0.1) is 5.92 Å². The largest absolute Gasteiger partial charge is 0.458 e. The van der Waals surface area contributed by atoms with Crippen LogP contribution < -0.4 is 5.32 Å². The first-order valence-electron chi connectivity index (χ1n) is 5.58. The molecule has 2 N–H and O–H groups in total. The Morgan fingerprint density at radius 3 is 2.53 bits per heavy atom. The van der Waals surface area contributed by atoms with Crippen LogP contribution in [0.5, 0.6) is 0 Å². The Balaban J connectivity index is 2.45. The second kappa shape index (κ2) is 5.47. The Morgan fingerprint density at radius 2 is 2.00 bits per heavy atom. The summed E-state index contributed by atoms with van der Waals surface area (Å²) in [6, 6.07) is 0. The number of ether oxygens (including phenoxy) is 2. The van der Waals surface area contributed by atoms with Crippen molar-refractivity contribution in [3.8, 4) is 0 Å². The Hall–Kier alpha value is -0.610. The summed E-state index contributed by atoms with van der Waals surface area (Å²) in [4.78, 5) is 11.3. The van der Waals surface area contributed by atoms with E-state index in [0.717, 1.165) is 25.9 Å². The van der Waals surface area contributed by atoms with Crippen LogP contribution in [0.15, 0.2) is 0 Å². The van der Waals surface area contributed by atoms with Crippen molar-refractivity contribution < 1.29 is 19.6 Å². The van der Waals surface area contributed by atoms with Gasteiger partial charge in [0, 0.05) is 25.9 Å². The van der Waals surface area contributed by atoms with Gasteiger partial charge in [0.1, 0.15) is 12.2 Å². The van der Waals surface area contributed by atoms with Gasteiger partial charge in [-0.2, -0.15) is 0 Å². The maximum atomic E-state index is 11.3. The standard InChI is InChI=1S/C11H21NO3/c1-11(2,15-10(13)8-14-3)9-4-6-12-7-5-9/h9,12H,4-8H2,1-3H3/p+1. The molecule has 1 heterocycles. The predicted molar refractivity (Wildman–Crippen MR) is 56.4 cm³/mol. The molecule has 0 bridgehead atoms. The van der Waals surface area contributed by atoms with Crippen molar-refractivity contribution in [1.29, 1.82) is 0 Å². The van der Waals surface area contributed by atoms with E-state index in [4.69, 9.17) is 9.47 Å². The minimum Gasteiger partial charge on any atom is -0.458 e. The number of quaternary nitrogens is 1. The molecule has 0 aliphatic carbocycles. The van der Waals surface area contributed by atoms with Gasteiger partial charge in [0.2, 0.25) is 0 Å². The van der Waals surface area contributed by atoms with Crippen LogP contribution in [-0.4, -0.2) is 38.4 Å². The van der Waals surface area contributed by atoms with Crippen LogP contribution >= 0.6 is 0 Å². The lowest BCUT2D eigenvalue weighted by Gasteiger charge is -2.35. The van der Waals surface area contributed by atoms with Crippen LogP contribution in [0.2, 0.25) is 0 Å². The molecule has 0 amide bonds. The summed E-state index contributed by atoms with van der Waals surface area (Å²) in [6.45, 7) is 6.31. The molecule has 0 aromatic carbocycles. The van der Waals surface area contributed by atoms with Gasteiger partial charge in [0.05, 0.1) is 13.1 Å². The van der Waals surface area contributed by atoms with Crippen LogP contribution in [-0.2, 0) is 14.3 Å². The summed E-state index contributed by atoms with van der Waals surface area (Å²) < 4.78 is 10.2. The molecule has 1 saturated heterocycles. The molecular formula is C11H22NO3+. The quantitative estimate of drug-likeness (QED) is 0.669. The molecule has 0 radical (unpaired) electrons. The zero-order valence-corrected chi connectivity index (χ0v) is 9.91. The molecule has 1 rings (SSSR count). The number of nitrogens with two attached hydrogens (primary N) is 1. The zero-order chi connectivity index (χ0) is 11.3. The molecule has 0 atom stereocenters. The molecule has 0 spiro atoms. The van der Waals surface area contributed by atoms with Gasteiger partial charge in [-0.25, -0.2) is 4.79 Å². The van der Waals surface area contributed by atoms with Crippen molar-refractivity contribution in [1.82, 2.24) is 0 Å². The van der Waals surface area contributed by atoms with Crippen molar-refractivity contribution in [2.45, 2.75) is 32.3 Å². The van der Waals surface area contributed by atoms with Gasteiger partial charge >= 0.3 is 5.97 Å². The second-order valence-corrected chi connectivity index (χ2v) is 4.65.